The Balaban J connectivity index is 1.43. The largest absolute Gasteiger partial charge is 0.496 e. The maximum absolute atomic E-state index is 12.9. The smallest absolute Gasteiger partial charge is 0.295 e. The molecule has 0 radical (unpaired) electrons. The van der Waals surface area contributed by atoms with E-state index in [1.807, 2.05) is 36.4 Å². The fourth-order valence-electron chi connectivity index (χ4n) is 4.65. The van der Waals surface area contributed by atoms with Crippen molar-refractivity contribution in [1.29, 1.82) is 0 Å². The molecular weight excluding hydrogens is 404 g/mol. The minimum Gasteiger partial charge on any atom is -0.496 e. The Morgan fingerprint density at radius 3 is 2.91 bits per heavy atom. The standard InChI is InChI=1S/C25H24N4O3/c1-29-22(14-21(28-29)19-9-5-6-10-23(19)32-2)25(31)26-15-11-12-17-16-7-3-4-8-18(16)24(30)27-20(17)13-15/h5-6,9-14,17H,3-4,7-8H2,1-2H3,(H,27,30). The van der Waals surface area contributed by atoms with Crippen molar-refractivity contribution in [2.24, 2.45) is 18.0 Å². The number of hydrogen-bond donors (Lipinski definition) is 1. The Morgan fingerprint density at radius 2 is 2.06 bits per heavy atom. The summed E-state index contributed by atoms with van der Waals surface area (Å²) in [5, 5.41) is 7.47. The van der Waals surface area contributed by atoms with Gasteiger partial charge in [0.1, 0.15) is 11.4 Å². The van der Waals surface area contributed by atoms with E-state index >= 15 is 0 Å². The normalized spacial score (nSPS) is 21.1. The number of nitrogens with zero attached hydrogens (tertiary/aromatic N) is 3. The number of aromatic nitrogens is 2. The maximum atomic E-state index is 12.9. The SMILES string of the molecule is COc1ccccc1-c1cc(C(=O)N=C2C=CC3C(=C2)NC(=O)C2=C3CCCC2)n(C)n1. The summed E-state index contributed by atoms with van der Waals surface area (Å²) in [6, 6.07) is 9.25. The molecule has 162 valence electrons. The minimum atomic E-state index is -0.393. The van der Waals surface area contributed by atoms with Crippen molar-refractivity contribution < 1.29 is 14.3 Å². The van der Waals surface area contributed by atoms with E-state index in [0.29, 0.717) is 22.8 Å². The van der Waals surface area contributed by atoms with Crippen molar-refractivity contribution in [2.75, 3.05) is 7.11 Å². The molecule has 1 atom stereocenters. The van der Waals surface area contributed by atoms with Gasteiger partial charge in [-0.25, -0.2) is 4.99 Å². The second-order valence-electron chi connectivity index (χ2n) is 8.18. The van der Waals surface area contributed by atoms with E-state index < -0.39 is 5.91 Å². The van der Waals surface area contributed by atoms with Gasteiger partial charge >= 0.3 is 0 Å². The van der Waals surface area contributed by atoms with Gasteiger partial charge in [0.15, 0.2) is 0 Å². The Morgan fingerprint density at radius 1 is 1.25 bits per heavy atom. The zero-order valence-electron chi connectivity index (χ0n) is 18.1. The molecule has 0 bridgehead atoms. The monoisotopic (exact) mass is 428 g/mol. The van der Waals surface area contributed by atoms with E-state index in [-0.39, 0.29) is 11.8 Å². The highest BCUT2D eigenvalue weighted by molar-refractivity contribution is 6.14. The quantitative estimate of drug-likeness (QED) is 0.807. The number of carbonyl (C=O) groups is 2. The number of para-hydroxylation sites is 1. The van der Waals surface area contributed by atoms with Crippen molar-refractivity contribution in [3.63, 3.8) is 0 Å². The van der Waals surface area contributed by atoms with Crippen LogP contribution in [-0.2, 0) is 11.8 Å². The number of aryl methyl sites for hydroxylation is 1. The third-order valence-electron chi connectivity index (χ3n) is 6.23. The van der Waals surface area contributed by atoms with Gasteiger partial charge in [0.2, 0.25) is 0 Å². The van der Waals surface area contributed by atoms with Crippen molar-refractivity contribution in [3.8, 4) is 17.0 Å². The van der Waals surface area contributed by atoms with Crippen LogP contribution < -0.4 is 10.1 Å². The van der Waals surface area contributed by atoms with Crippen LogP contribution in [0.25, 0.3) is 11.3 Å². The molecule has 3 aliphatic rings. The molecule has 2 aliphatic carbocycles. The van der Waals surface area contributed by atoms with Crippen LogP contribution in [0, 0.1) is 5.92 Å². The number of allylic oxidation sites excluding steroid dienone is 3. The van der Waals surface area contributed by atoms with Crippen LogP contribution in [0.15, 0.2) is 70.4 Å². The first-order valence-electron chi connectivity index (χ1n) is 10.8. The second kappa shape index (κ2) is 8.07. The van der Waals surface area contributed by atoms with Crippen LogP contribution >= 0.6 is 0 Å². The van der Waals surface area contributed by atoms with E-state index in [1.165, 1.54) is 10.3 Å². The molecule has 1 N–H and O–H groups in total. The summed E-state index contributed by atoms with van der Waals surface area (Å²) in [6.07, 6.45) is 9.65. The Hall–Kier alpha value is -3.74. The summed E-state index contributed by atoms with van der Waals surface area (Å²) >= 11 is 0. The molecule has 32 heavy (non-hydrogen) atoms. The number of rotatable bonds is 3. The first-order chi connectivity index (χ1) is 15.5. The summed E-state index contributed by atoms with van der Waals surface area (Å²) in [6.45, 7) is 0. The minimum absolute atomic E-state index is 0.0174. The summed E-state index contributed by atoms with van der Waals surface area (Å²) in [7, 11) is 3.32. The highest BCUT2D eigenvalue weighted by atomic mass is 16.5. The molecule has 2 aromatic rings. The number of amides is 2. The third-order valence-corrected chi connectivity index (χ3v) is 6.23. The van der Waals surface area contributed by atoms with Crippen LogP contribution in [0.4, 0.5) is 0 Å². The Kier molecular flexibility index (Phi) is 5.09. The maximum Gasteiger partial charge on any atom is 0.295 e. The molecule has 2 amide bonds. The van der Waals surface area contributed by atoms with Crippen LogP contribution in [-0.4, -0.2) is 34.4 Å². The van der Waals surface area contributed by atoms with Gasteiger partial charge in [-0.3, -0.25) is 14.3 Å². The number of methoxy groups -OCH3 is 1. The van der Waals surface area contributed by atoms with Crippen LogP contribution in [0.3, 0.4) is 0 Å². The third kappa shape index (κ3) is 3.49. The molecule has 1 unspecified atom stereocenters. The molecule has 1 aliphatic heterocycles. The first-order valence-corrected chi connectivity index (χ1v) is 10.8. The van der Waals surface area contributed by atoms with Gasteiger partial charge in [-0.15, -0.1) is 0 Å². The Bertz CT molecular complexity index is 1250. The fraction of sp³-hybridized carbons (Fsp3) is 0.280. The number of fused-ring (bicyclic) bond motifs is 2. The zero-order chi connectivity index (χ0) is 22.2. The van der Waals surface area contributed by atoms with Gasteiger partial charge in [-0.05, 0) is 61.6 Å². The van der Waals surface area contributed by atoms with Crippen molar-refractivity contribution in [1.82, 2.24) is 15.1 Å². The van der Waals surface area contributed by atoms with Crippen molar-refractivity contribution >= 4 is 17.5 Å². The predicted octanol–water partition coefficient (Wildman–Crippen LogP) is 3.75. The van der Waals surface area contributed by atoms with Crippen molar-refractivity contribution in [3.05, 3.63) is 71.1 Å². The fourth-order valence-corrected chi connectivity index (χ4v) is 4.65. The number of aliphatic imine (C=N–C) groups is 1. The molecule has 0 fully saturated rings. The average molecular weight is 428 g/mol. The molecule has 1 aromatic heterocycles. The lowest BCUT2D eigenvalue weighted by Crippen LogP contribution is -2.37. The lowest BCUT2D eigenvalue weighted by atomic mass is 9.77. The first kappa shape index (κ1) is 20.2. The average Bonchev–Trinajstić information content (AvgIpc) is 3.20. The van der Waals surface area contributed by atoms with E-state index in [2.05, 4.69) is 15.4 Å². The van der Waals surface area contributed by atoms with E-state index in [4.69, 9.17) is 4.74 Å². The molecule has 0 spiro atoms. The van der Waals surface area contributed by atoms with Gasteiger partial charge < -0.3 is 10.1 Å². The second-order valence-corrected chi connectivity index (χ2v) is 8.18. The zero-order valence-corrected chi connectivity index (χ0v) is 18.1. The molecule has 7 nitrogen and oxygen atoms in total. The summed E-state index contributed by atoms with van der Waals surface area (Å²) in [4.78, 5) is 29.7. The highest BCUT2D eigenvalue weighted by Crippen LogP contribution is 2.38. The highest BCUT2D eigenvalue weighted by Gasteiger charge is 2.33. The molecule has 2 heterocycles. The summed E-state index contributed by atoms with van der Waals surface area (Å²) < 4.78 is 6.94. The number of ether oxygens (including phenoxy) is 1. The van der Waals surface area contributed by atoms with Crippen LogP contribution in [0.1, 0.15) is 36.2 Å². The molecule has 0 saturated heterocycles. The molecule has 7 heteroatoms. The topological polar surface area (TPSA) is 85.6 Å². The number of nitrogens with one attached hydrogen (secondary N) is 1. The van der Waals surface area contributed by atoms with E-state index in [9.17, 15) is 9.59 Å². The van der Waals surface area contributed by atoms with Gasteiger partial charge in [-0.1, -0.05) is 18.2 Å². The van der Waals surface area contributed by atoms with Gasteiger partial charge in [0.25, 0.3) is 11.8 Å². The van der Waals surface area contributed by atoms with Crippen LogP contribution in [0.5, 0.6) is 5.75 Å². The van der Waals surface area contributed by atoms with Gasteiger partial charge in [0, 0.05) is 29.8 Å². The van der Waals surface area contributed by atoms with E-state index in [1.54, 1.807) is 26.3 Å². The molecular formula is C25H24N4O3. The van der Waals surface area contributed by atoms with E-state index in [0.717, 1.165) is 42.5 Å². The number of carbonyl (C=O) groups excluding carboxylic acids is 2. The Labute approximate surface area is 186 Å². The summed E-state index contributed by atoms with van der Waals surface area (Å²) in [5.74, 6) is 0.351. The number of hydrogen-bond acceptors (Lipinski definition) is 4. The van der Waals surface area contributed by atoms with Gasteiger partial charge in [-0.2, -0.15) is 5.10 Å². The number of benzene rings is 1. The molecule has 0 saturated carbocycles. The lowest BCUT2D eigenvalue weighted by molar-refractivity contribution is -0.117. The molecule has 5 rings (SSSR count). The van der Waals surface area contributed by atoms with Crippen LogP contribution in [0.2, 0.25) is 0 Å². The predicted molar refractivity (Wildman–Crippen MR) is 121 cm³/mol. The lowest BCUT2D eigenvalue weighted by Gasteiger charge is -2.33. The van der Waals surface area contributed by atoms with Crippen molar-refractivity contribution in [2.45, 2.75) is 25.7 Å². The molecule has 1 aromatic carbocycles. The summed E-state index contributed by atoms with van der Waals surface area (Å²) in [5.41, 5.74) is 5.27. The van der Waals surface area contributed by atoms with Gasteiger partial charge in [0.05, 0.1) is 18.5 Å².